The van der Waals surface area contributed by atoms with Crippen LogP contribution in [0.2, 0.25) is 0 Å². The second-order valence-electron chi connectivity index (χ2n) is 14.8. The van der Waals surface area contributed by atoms with Crippen molar-refractivity contribution in [3.8, 4) is 35.4 Å². The lowest BCUT2D eigenvalue weighted by Crippen LogP contribution is -2.57. The van der Waals surface area contributed by atoms with Gasteiger partial charge in [0.2, 0.25) is 0 Å². The minimum atomic E-state index is -3.19. The summed E-state index contributed by atoms with van der Waals surface area (Å²) >= 11 is 0. The van der Waals surface area contributed by atoms with Gasteiger partial charge in [0, 0.05) is 43.2 Å². The molecule has 4 aliphatic rings. The number of alkyl halides is 1. The van der Waals surface area contributed by atoms with Crippen LogP contribution in [0.4, 0.5) is 19.0 Å². The summed E-state index contributed by atoms with van der Waals surface area (Å²) < 4.78 is 65.6. The molecule has 2 bridgehead atoms. The molecule has 0 spiro atoms. The number of piperazine rings is 1. The molecule has 4 aliphatic heterocycles. The number of benzene rings is 2. The van der Waals surface area contributed by atoms with E-state index in [0.29, 0.717) is 37.0 Å². The molecule has 6 heterocycles. The molecule has 274 valence electrons. The molecule has 2 aromatic carbocycles. The Morgan fingerprint density at radius 3 is 2.64 bits per heavy atom. The molecule has 4 aromatic rings. The lowest BCUT2D eigenvalue weighted by Gasteiger charge is -2.41. The standard InChI is InChI=1S/C37H36F3N8O4P/c1-4-25-28(39)9-6-20-12-24(49)13-26(29(20)25)31-30(40)32-27(15-42-31)33(44-36(43-32)52-19-37-10-5-11-47(37)16-21(38)14-37)46-17-22-7-8-23(18-46)48(22)35(50)34(45-41)53(2,3)51/h1,6,9,12-13,15,21-23,49H,5,7-8,10-11,14,16-19H2,2-3H3. The van der Waals surface area contributed by atoms with Crippen molar-refractivity contribution in [2.45, 2.75) is 55.9 Å². The van der Waals surface area contributed by atoms with Gasteiger partial charge in [-0.15, -0.1) is 6.42 Å². The molecule has 12 nitrogen and oxygen atoms in total. The van der Waals surface area contributed by atoms with E-state index in [2.05, 4.69) is 25.6 Å². The Hall–Kier alpha value is -5.02. The first kappa shape index (κ1) is 35.0. The highest BCUT2D eigenvalue weighted by Crippen LogP contribution is 2.44. The Balaban J connectivity index is 1.24. The summed E-state index contributed by atoms with van der Waals surface area (Å²) in [5, 5.41) is 11.4. The maximum absolute atomic E-state index is 17.0. The topological polar surface area (TPSA) is 148 Å². The Labute approximate surface area is 303 Å². The molecule has 1 N–H and O–H groups in total. The van der Waals surface area contributed by atoms with Gasteiger partial charge in [0.15, 0.2) is 13.0 Å². The molecule has 0 radical (unpaired) electrons. The van der Waals surface area contributed by atoms with Crippen molar-refractivity contribution in [1.82, 2.24) is 24.8 Å². The highest BCUT2D eigenvalue weighted by atomic mass is 31.2. The van der Waals surface area contributed by atoms with Crippen molar-refractivity contribution in [3.05, 3.63) is 53.2 Å². The number of carbonyl (C=O) groups is 1. The number of carbonyl (C=O) groups excluding carboxylic acids is 1. The molecule has 4 saturated heterocycles. The summed E-state index contributed by atoms with van der Waals surface area (Å²) in [5.41, 5.74) is 8.25. The number of aromatic nitrogens is 3. The molecule has 53 heavy (non-hydrogen) atoms. The maximum Gasteiger partial charge on any atom is 0.410 e. The SMILES string of the molecule is C#Cc1c(F)ccc2cc(O)cc(-c3ncc4c(N5CC6CCC(C5)N6C(=O)C(=[N+]=[N-])P(C)(C)=O)nc(OCC56CCCN5CC(F)C6)nc4c3F)c12. The molecule has 0 saturated carbocycles. The second kappa shape index (κ2) is 12.8. The molecule has 4 fully saturated rings. The Morgan fingerprint density at radius 2 is 1.94 bits per heavy atom. The third-order valence-electron chi connectivity index (χ3n) is 11.1. The summed E-state index contributed by atoms with van der Waals surface area (Å²) in [4.78, 5) is 36.0. The minimum Gasteiger partial charge on any atom is -0.508 e. The van der Waals surface area contributed by atoms with Crippen molar-refractivity contribution >= 4 is 46.0 Å². The fourth-order valence-corrected chi connectivity index (χ4v) is 9.61. The van der Waals surface area contributed by atoms with Crippen molar-refractivity contribution in [2.75, 3.05) is 51.0 Å². The molecular formula is C37H36F3N8O4P. The summed E-state index contributed by atoms with van der Waals surface area (Å²) in [5.74, 6) is 0.257. The van der Waals surface area contributed by atoms with Crippen molar-refractivity contribution in [1.29, 1.82) is 0 Å². The number of phenolic OH excluding ortho intramolecular Hbond substituents is 1. The molecule has 1 amide bonds. The molecule has 4 unspecified atom stereocenters. The number of nitrogens with zero attached hydrogens (tertiary/aromatic N) is 8. The van der Waals surface area contributed by atoms with Crippen LogP contribution in [0.1, 0.15) is 37.7 Å². The zero-order valence-electron chi connectivity index (χ0n) is 29.1. The fourth-order valence-electron chi connectivity index (χ4n) is 8.82. The van der Waals surface area contributed by atoms with Crippen molar-refractivity contribution in [3.63, 3.8) is 0 Å². The van der Waals surface area contributed by atoms with Gasteiger partial charge >= 0.3 is 17.4 Å². The van der Waals surface area contributed by atoms with E-state index >= 15 is 4.39 Å². The van der Waals surface area contributed by atoms with Crippen molar-refractivity contribution in [2.24, 2.45) is 0 Å². The molecule has 4 atom stereocenters. The lowest BCUT2D eigenvalue weighted by molar-refractivity contribution is -0.131. The van der Waals surface area contributed by atoms with Gasteiger partial charge in [-0.1, -0.05) is 12.0 Å². The third kappa shape index (κ3) is 5.80. The van der Waals surface area contributed by atoms with Crippen LogP contribution in [0.15, 0.2) is 30.5 Å². The predicted octanol–water partition coefficient (Wildman–Crippen LogP) is 5.20. The fraction of sp³-hybridized carbons (Fsp3) is 0.432. The van der Waals surface area contributed by atoms with Gasteiger partial charge in [-0.05, 0) is 69.1 Å². The van der Waals surface area contributed by atoms with Crippen LogP contribution in [0.5, 0.6) is 11.8 Å². The van der Waals surface area contributed by atoms with Crippen LogP contribution in [0, 0.1) is 24.0 Å². The number of ether oxygens (including phenoxy) is 1. The first-order valence-electron chi connectivity index (χ1n) is 17.5. The number of rotatable bonds is 7. The van der Waals surface area contributed by atoms with Crippen LogP contribution >= 0.6 is 7.14 Å². The average Bonchev–Trinajstić information content (AvgIpc) is 3.73. The number of hydrogen-bond acceptors (Lipinski definition) is 9. The van der Waals surface area contributed by atoms with Crippen LogP contribution in [-0.2, 0) is 9.36 Å². The average molecular weight is 745 g/mol. The predicted molar refractivity (Wildman–Crippen MR) is 192 cm³/mol. The van der Waals surface area contributed by atoms with Crippen LogP contribution in [0.3, 0.4) is 0 Å². The van der Waals surface area contributed by atoms with E-state index in [4.69, 9.17) is 16.1 Å². The number of anilines is 1. The molecule has 16 heteroatoms. The van der Waals surface area contributed by atoms with Gasteiger partial charge in [0.05, 0.1) is 28.6 Å². The van der Waals surface area contributed by atoms with Gasteiger partial charge in [-0.25, -0.2) is 13.2 Å². The van der Waals surface area contributed by atoms with Crippen LogP contribution in [0.25, 0.3) is 38.5 Å². The smallest absolute Gasteiger partial charge is 0.410 e. The second-order valence-corrected chi connectivity index (χ2v) is 17.9. The van der Waals surface area contributed by atoms with Crippen LogP contribution < -0.4 is 9.64 Å². The molecular weight excluding hydrogens is 708 g/mol. The number of hydrogen-bond donors (Lipinski definition) is 1. The van der Waals surface area contributed by atoms with E-state index in [0.717, 1.165) is 19.4 Å². The Kier molecular flexibility index (Phi) is 8.48. The number of amides is 1. The van der Waals surface area contributed by atoms with Gasteiger partial charge in [0.1, 0.15) is 41.4 Å². The Morgan fingerprint density at radius 1 is 1.19 bits per heavy atom. The number of halogens is 3. The zero-order chi connectivity index (χ0) is 37.4. The van der Waals surface area contributed by atoms with Crippen molar-refractivity contribution < 1.29 is 37.2 Å². The Bertz CT molecular complexity index is 2350. The number of pyridine rings is 1. The molecule has 2 aromatic heterocycles. The summed E-state index contributed by atoms with van der Waals surface area (Å²) in [6.45, 7) is 4.41. The van der Waals surface area contributed by atoms with E-state index in [9.17, 15) is 28.8 Å². The molecule has 8 rings (SSSR count). The zero-order valence-corrected chi connectivity index (χ0v) is 30.0. The monoisotopic (exact) mass is 744 g/mol. The third-order valence-corrected chi connectivity index (χ3v) is 12.4. The van der Waals surface area contributed by atoms with E-state index < -0.39 is 36.4 Å². The minimum absolute atomic E-state index is 0.0607. The molecule has 0 aliphatic carbocycles. The first-order chi connectivity index (χ1) is 25.3. The number of phenols is 1. The van der Waals surface area contributed by atoms with Gasteiger partial charge in [0.25, 0.3) is 0 Å². The first-order valence-corrected chi connectivity index (χ1v) is 20.1. The quantitative estimate of drug-likeness (QED) is 0.0887. The van der Waals surface area contributed by atoms with Crippen LogP contribution in [-0.4, -0.2) is 116 Å². The number of fused-ring (bicyclic) bond motifs is 5. The highest BCUT2D eigenvalue weighted by molar-refractivity contribution is 7.81. The van der Waals surface area contributed by atoms with Gasteiger partial charge in [-0.2, -0.15) is 14.8 Å². The largest absolute Gasteiger partial charge is 0.508 e. The van der Waals surface area contributed by atoms with E-state index in [1.807, 2.05) is 4.90 Å². The van der Waals surface area contributed by atoms with E-state index in [1.165, 1.54) is 43.8 Å². The van der Waals surface area contributed by atoms with E-state index in [1.54, 1.807) is 4.90 Å². The highest BCUT2D eigenvalue weighted by Gasteiger charge is 2.51. The summed E-state index contributed by atoms with van der Waals surface area (Å²) in [6.07, 6.45) is 9.26. The maximum atomic E-state index is 17.0. The summed E-state index contributed by atoms with van der Waals surface area (Å²) in [7, 11) is -3.19. The normalized spacial score (nSPS) is 24.0. The van der Waals surface area contributed by atoms with Gasteiger partial charge in [-0.3, -0.25) is 14.7 Å². The summed E-state index contributed by atoms with van der Waals surface area (Å²) in [6, 6.07) is 4.41. The lowest BCUT2D eigenvalue weighted by atomic mass is 9.95. The van der Waals surface area contributed by atoms with E-state index in [-0.39, 0.29) is 82.1 Å². The number of terminal acetylenes is 1. The number of aromatic hydroxyl groups is 1. The van der Waals surface area contributed by atoms with Gasteiger partial charge < -0.3 is 29.7 Å².